The molecule has 6 heteroatoms. The second-order valence-corrected chi connectivity index (χ2v) is 7.89. The van der Waals surface area contributed by atoms with Gasteiger partial charge in [-0.25, -0.2) is 4.98 Å². The van der Waals surface area contributed by atoms with E-state index in [0.29, 0.717) is 18.9 Å². The topological polar surface area (TPSA) is 65.0 Å². The summed E-state index contributed by atoms with van der Waals surface area (Å²) in [5, 5.41) is 15.8. The van der Waals surface area contributed by atoms with Gasteiger partial charge in [0.15, 0.2) is 0 Å². The number of hydrogen-bond donors (Lipinski definition) is 1. The van der Waals surface area contributed by atoms with E-state index < -0.39 is 12.0 Å². The predicted octanol–water partition coefficient (Wildman–Crippen LogP) is -0.518. The smallest absolute Gasteiger partial charge is 0.548 e. The number of carbonyl (C=O) groups is 1. The Hall–Kier alpha value is -0.720. The molecule has 2 aromatic rings. The number of carboxylic acids is 1. The number of benzene rings is 1. The van der Waals surface area contributed by atoms with Crippen LogP contribution in [0.5, 0.6) is 0 Å². The molecule has 1 aromatic heterocycles. The molecule has 4 nitrogen and oxygen atoms in total. The zero-order chi connectivity index (χ0) is 17.1. The number of thiazole rings is 1. The van der Waals surface area contributed by atoms with Crippen molar-refractivity contribution < 1.29 is 39.5 Å². The maximum Gasteiger partial charge on any atom is 1.00 e. The standard InChI is InChI=1S/C19H24N2O2S.Na/c1-12-6-13(2)8-14(7-12)9-17(19(22)23)20-10-16-11-21-18(24-16)15-4-3-5-15;/h6-8,11,15,17,20H,3-5,9-10H2,1-2H3,(H,22,23);/q;+1/p-1. The van der Waals surface area contributed by atoms with Crippen LogP contribution in [0.25, 0.3) is 0 Å². The largest absolute Gasteiger partial charge is 1.00 e. The molecule has 1 N–H and O–H groups in total. The maximum absolute atomic E-state index is 11.5. The van der Waals surface area contributed by atoms with E-state index in [0.717, 1.165) is 21.6 Å². The fraction of sp³-hybridized carbons (Fsp3) is 0.474. The van der Waals surface area contributed by atoms with E-state index in [1.165, 1.54) is 24.3 Å². The summed E-state index contributed by atoms with van der Waals surface area (Å²) in [7, 11) is 0. The average Bonchev–Trinajstić information content (AvgIpc) is 2.88. The molecule has 0 bridgehead atoms. The zero-order valence-corrected chi connectivity index (χ0v) is 18.0. The van der Waals surface area contributed by atoms with Crippen LogP contribution in [-0.4, -0.2) is 17.0 Å². The van der Waals surface area contributed by atoms with Crippen molar-refractivity contribution in [1.82, 2.24) is 10.3 Å². The van der Waals surface area contributed by atoms with Gasteiger partial charge in [0, 0.05) is 23.5 Å². The Bertz CT molecular complexity index is 708. The van der Waals surface area contributed by atoms with Crippen LogP contribution in [-0.2, 0) is 17.8 Å². The monoisotopic (exact) mass is 366 g/mol. The molecule has 0 radical (unpaired) electrons. The van der Waals surface area contributed by atoms with Gasteiger partial charge in [0.2, 0.25) is 0 Å². The summed E-state index contributed by atoms with van der Waals surface area (Å²) in [5.41, 5.74) is 3.32. The van der Waals surface area contributed by atoms with E-state index in [9.17, 15) is 9.90 Å². The first kappa shape index (κ1) is 20.6. The van der Waals surface area contributed by atoms with Crippen molar-refractivity contribution in [3.8, 4) is 0 Å². The van der Waals surface area contributed by atoms with Crippen molar-refractivity contribution >= 4 is 17.3 Å². The van der Waals surface area contributed by atoms with Gasteiger partial charge in [-0.1, -0.05) is 35.7 Å². The summed E-state index contributed by atoms with van der Waals surface area (Å²) >= 11 is 1.69. The quantitative estimate of drug-likeness (QED) is 0.670. The fourth-order valence-electron chi connectivity index (χ4n) is 3.13. The van der Waals surface area contributed by atoms with Crippen molar-refractivity contribution in [2.24, 2.45) is 0 Å². The van der Waals surface area contributed by atoms with Gasteiger partial charge in [0.25, 0.3) is 0 Å². The van der Waals surface area contributed by atoms with Crippen LogP contribution < -0.4 is 40.0 Å². The van der Waals surface area contributed by atoms with Crippen molar-refractivity contribution in [2.45, 2.75) is 58.0 Å². The molecule has 0 amide bonds. The molecule has 0 saturated heterocycles. The van der Waals surface area contributed by atoms with Gasteiger partial charge in [-0.3, -0.25) is 0 Å². The van der Waals surface area contributed by atoms with Crippen molar-refractivity contribution in [3.63, 3.8) is 0 Å². The van der Waals surface area contributed by atoms with Crippen LogP contribution >= 0.6 is 11.3 Å². The molecule has 1 fully saturated rings. The Morgan fingerprint density at radius 2 is 2.00 bits per heavy atom. The molecule has 1 aliphatic rings. The molecule has 1 aliphatic carbocycles. The summed E-state index contributed by atoms with van der Waals surface area (Å²) in [4.78, 5) is 17.0. The third-order valence-corrected chi connectivity index (χ3v) is 5.71. The van der Waals surface area contributed by atoms with E-state index in [1.54, 1.807) is 11.3 Å². The Kier molecular flexibility index (Phi) is 7.65. The van der Waals surface area contributed by atoms with Crippen LogP contribution in [0, 0.1) is 13.8 Å². The van der Waals surface area contributed by atoms with Crippen molar-refractivity contribution in [2.75, 3.05) is 0 Å². The number of carboxylic acid groups (broad SMARTS) is 1. The van der Waals surface area contributed by atoms with Crippen molar-refractivity contribution in [1.29, 1.82) is 0 Å². The maximum atomic E-state index is 11.5. The van der Waals surface area contributed by atoms with E-state index in [2.05, 4.69) is 16.4 Å². The van der Waals surface area contributed by atoms with E-state index in [-0.39, 0.29) is 29.6 Å². The predicted molar refractivity (Wildman–Crippen MR) is 94.0 cm³/mol. The molecule has 0 spiro atoms. The van der Waals surface area contributed by atoms with Crippen LogP contribution in [0.4, 0.5) is 0 Å². The van der Waals surface area contributed by atoms with E-state index >= 15 is 0 Å². The minimum absolute atomic E-state index is 0. The average molecular weight is 366 g/mol. The molecule has 1 unspecified atom stereocenters. The Labute approximate surface area is 175 Å². The zero-order valence-electron chi connectivity index (χ0n) is 15.2. The molecule has 3 rings (SSSR count). The van der Waals surface area contributed by atoms with Crippen LogP contribution in [0.15, 0.2) is 24.4 Å². The van der Waals surface area contributed by atoms with Gasteiger partial charge >= 0.3 is 29.6 Å². The third kappa shape index (κ3) is 5.63. The van der Waals surface area contributed by atoms with Crippen LogP contribution in [0.1, 0.15) is 51.8 Å². The van der Waals surface area contributed by atoms with Gasteiger partial charge in [-0.05, 0) is 38.7 Å². The van der Waals surface area contributed by atoms with E-state index in [1.807, 2.05) is 32.2 Å². The molecule has 25 heavy (non-hydrogen) atoms. The minimum Gasteiger partial charge on any atom is -0.548 e. The molecular weight excluding hydrogens is 343 g/mol. The molecule has 1 saturated carbocycles. The molecule has 1 heterocycles. The number of aliphatic carboxylic acids is 1. The number of aromatic nitrogens is 1. The number of aryl methyl sites for hydroxylation is 2. The summed E-state index contributed by atoms with van der Waals surface area (Å²) in [6, 6.07) is 5.46. The number of hydrogen-bond acceptors (Lipinski definition) is 5. The summed E-state index contributed by atoms with van der Waals surface area (Å²) in [5.74, 6) is -0.436. The molecule has 0 aliphatic heterocycles. The summed E-state index contributed by atoms with van der Waals surface area (Å²) < 4.78 is 0. The van der Waals surface area contributed by atoms with Gasteiger partial charge < -0.3 is 15.2 Å². The Balaban J connectivity index is 0.00000225. The molecular formula is C19H23N2NaO2S. The number of nitrogens with zero attached hydrogens (tertiary/aromatic N) is 1. The SMILES string of the molecule is Cc1cc(C)cc(CC(NCc2cnc(C3CCC3)s2)C(=O)[O-])c1.[Na+]. The number of rotatable bonds is 7. The van der Waals surface area contributed by atoms with Gasteiger partial charge in [0.05, 0.1) is 17.0 Å². The number of carbonyl (C=O) groups excluding carboxylic acids is 1. The Morgan fingerprint density at radius 1 is 1.32 bits per heavy atom. The fourth-order valence-corrected chi connectivity index (χ4v) is 4.17. The number of nitrogens with one attached hydrogen (secondary N) is 1. The summed E-state index contributed by atoms with van der Waals surface area (Å²) in [6.07, 6.45) is 6.05. The first-order valence-corrected chi connectivity index (χ1v) is 9.29. The Morgan fingerprint density at radius 3 is 2.56 bits per heavy atom. The minimum atomic E-state index is -1.06. The molecule has 128 valence electrons. The molecule has 1 atom stereocenters. The van der Waals surface area contributed by atoms with Crippen molar-refractivity contribution in [3.05, 3.63) is 51.0 Å². The third-order valence-electron chi connectivity index (χ3n) is 4.55. The van der Waals surface area contributed by atoms with Gasteiger partial charge in [0.1, 0.15) is 0 Å². The second kappa shape index (κ2) is 9.28. The second-order valence-electron chi connectivity index (χ2n) is 6.75. The van der Waals surface area contributed by atoms with Gasteiger partial charge in [-0.2, -0.15) is 0 Å². The normalized spacial score (nSPS) is 15.3. The first-order chi connectivity index (χ1) is 11.5. The molecule has 1 aromatic carbocycles. The summed E-state index contributed by atoms with van der Waals surface area (Å²) in [6.45, 7) is 4.57. The van der Waals surface area contributed by atoms with Gasteiger partial charge in [-0.15, -0.1) is 11.3 Å². The van der Waals surface area contributed by atoms with Crippen LogP contribution in [0.3, 0.4) is 0 Å². The van der Waals surface area contributed by atoms with E-state index in [4.69, 9.17) is 0 Å². The first-order valence-electron chi connectivity index (χ1n) is 8.47. The van der Waals surface area contributed by atoms with Crippen LogP contribution in [0.2, 0.25) is 0 Å².